The van der Waals surface area contributed by atoms with Gasteiger partial charge in [-0.1, -0.05) is 34.8 Å². The third kappa shape index (κ3) is 2.59. The van der Waals surface area contributed by atoms with Gasteiger partial charge in [0.2, 0.25) is 3.79 Å². The number of esters is 1. The van der Waals surface area contributed by atoms with Crippen molar-refractivity contribution in [3.63, 3.8) is 0 Å². The fourth-order valence-corrected chi connectivity index (χ4v) is 1.93. The van der Waals surface area contributed by atoms with Crippen LogP contribution in [0.25, 0.3) is 11.0 Å². The molecular formula is C11H9Cl3N2O3. The number of alkyl halides is 3. The van der Waals surface area contributed by atoms with Gasteiger partial charge in [0.05, 0.1) is 19.7 Å². The number of hydrogen-bond donors (Lipinski definition) is 1. The summed E-state index contributed by atoms with van der Waals surface area (Å²) in [6.45, 7) is 0. The zero-order valence-corrected chi connectivity index (χ0v) is 12.2. The quantitative estimate of drug-likeness (QED) is 0.681. The minimum Gasteiger partial charge on any atom is -0.496 e. The number of aromatic nitrogens is 2. The Hall–Kier alpha value is -1.17. The van der Waals surface area contributed by atoms with Crippen LogP contribution >= 0.6 is 34.8 Å². The van der Waals surface area contributed by atoms with Crippen LogP contribution < -0.4 is 4.74 Å². The molecule has 0 bridgehead atoms. The van der Waals surface area contributed by atoms with Gasteiger partial charge >= 0.3 is 5.97 Å². The predicted molar refractivity (Wildman–Crippen MR) is 73.2 cm³/mol. The Balaban J connectivity index is 2.74. The molecule has 5 nitrogen and oxygen atoms in total. The number of aromatic amines is 1. The van der Waals surface area contributed by atoms with Gasteiger partial charge in [0, 0.05) is 0 Å². The summed E-state index contributed by atoms with van der Waals surface area (Å²) in [6.07, 6.45) is 0. The number of benzene rings is 1. The van der Waals surface area contributed by atoms with Crippen molar-refractivity contribution in [3.8, 4) is 5.75 Å². The molecule has 2 rings (SSSR count). The second-order valence-corrected chi connectivity index (χ2v) is 5.89. The first-order valence-electron chi connectivity index (χ1n) is 5.10. The van der Waals surface area contributed by atoms with E-state index in [0.29, 0.717) is 16.8 Å². The summed E-state index contributed by atoms with van der Waals surface area (Å²) in [6, 6.07) is 3.28. The normalized spacial score (nSPS) is 11.6. The van der Waals surface area contributed by atoms with E-state index in [2.05, 4.69) is 9.97 Å². The highest BCUT2D eigenvalue weighted by atomic mass is 35.6. The first-order valence-corrected chi connectivity index (χ1v) is 6.24. The Bertz CT molecular complexity index is 634. The molecule has 0 fully saturated rings. The number of fused-ring (bicyclic) bond motifs is 1. The van der Waals surface area contributed by atoms with Crippen molar-refractivity contribution in [2.24, 2.45) is 0 Å². The van der Waals surface area contributed by atoms with Gasteiger partial charge < -0.3 is 14.5 Å². The van der Waals surface area contributed by atoms with E-state index in [4.69, 9.17) is 44.3 Å². The number of rotatable bonds is 2. The SMILES string of the molecule is COC(=O)c1c(OC)ccc2[nH]c(C(Cl)(Cl)Cl)nc12. The van der Waals surface area contributed by atoms with Crippen molar-refractivity contribution >= 4 is 51.8 Å². The molecule has 1 heterocycles. The molecular weight excluding hydrogens is 314 g/mol. The van der Waals surface area contributed by atoms with Crippen molar-refractivity contribution in [1.82, 2.24) is 9.97 Å². The second-order valence-electron chi connectivity index (χ2n) is 3.61. The van der Waals surface area contributed by atoms with E-state index >= 15 is 0 Å². The molecule has 19 heavy (non-hydrogen) atoms. The molecule has 1 aromatic heterocycles. The molecule has 0 amide bonds. The highest BCUT2D eigenvalue weighted by molar-refractivity contribution is 6.66. The highest BCUT2D eigenvalue weighted by Gasteiger charge is 2.29. The van der Waals surface area contributed by atoms with Gasteiger partial charge in [0.15, 0.2) is 5.82 Å². The molecule has 0 aliphatic carbocycles. The molecule has 0 spiro atoms. The van der Waals surface area contributed by atoms with Crippen LogP contribution in [0.1, 0.15) is 16.2 Å². The maximum Gasteiger partial charge on any atom is 0.343 e. The Labute approximate surface area is 123 Å². The molecule has 8 heteroatoms. The third-order valence-corrected chi connectivity index (χ3v) is 3.03. The van der Waals surface area contributed by atoms with Gasteiger partial charge in [-0.15, -0.1) is 0 Å². The van der Waals surface area contributed by atoms with Crippen molar-refractivity contribution < 1.29 is 14.3 Å². The highest BCUT2D eigenvalue weighted by Crippen LogP contribution is 2.38. The molecule has 0 saturated heterocycles. The summed E-state index contributed by atoms with van der Waals surface area (Å²) in [5.74, 6) is -0.127. The van der Waals surface area contributed by atoms with Crippen molar-refractivity contribution in [1.29, 1.82) is 0 Å². The molecule has 0 atom stereocenters. The fraction of sp³-hybridized carbons (Fsp3) is 0.273. The number of carbonyl (C=O) groups excluding carboxylic acids is 1. The zero-order valence-electron chi connectivity index (χ0n) is 9.96. The van der Waals surface area contributed by atoms with E-state index in [1.165, 1.54) is 14.2 Å². The van der Waals surface area contributed by atoms with Crippen molar-refractivity contribution in [2.75, 3.05) is 14.2 Å². The summed E-state index contributed by atoms with van der Waals surface area (Å²) in [5.41, 5.74) is 1.05. The second kappa shape index (κ2) is 5.07. The molecule has 0 aliphatic heterocycles. The Morgan fingerprint density at radius 1 is 1.32 bits per heavy atom. The average molecular weight is 324 g/mol. The van der Waals surface area contributed by atoms with E-state index in [1.54, 1.807) is 12.1 Å². The minimum absolute atomic E-state index is 0.117. The molecule has 0 radical (unpaired) electrons. The Kier molecular flexibility index (Phi) is 3.80. The maximum absolute atomic E-state index is 11.8. The summed E-state index contributed by atoms with van der Waals surface area (Å²) >= 11 is 17.3. The number of hydrogen-bond acceptors (Lipinski definition) is 4. The van der Waals surface area contributed by atoms with Crippen LogP contribution in [0.5, 0.6) is 5.75 Å². The Morgan fingerprint density at radius 2 is 2.00 bits per heavy atom. The average Bonchev–Trinajstić information content (AvgIpc) is 2.80. The van der Waals surface area contributed by atoms with Crippen LogP contribution in [-0.4, -0.2) is 30.2 Å². The number of halogens is 3. The van der Waals surface area contributed by atoms with E-state index in [0.717, 1.165) is 0 Å². The summed E-state index contributed by atoms with van der Waals surface area (Å²) in [7, 11) is 2.71. The first-order chi connectivity index (χ1) is 8.88. The number of nitrogens with one attached hydrogen (secondary N) is 1. The standard InChI is InChI=1S/C11H9Cl3N2O3/c1-18-6-4-3-5-8(7(6)9(17)19-2)16-10(15-5)11(12,13)14/h3-4H,1-2H3,(H,15,16). The van der Waals surface area contributed by atoms with Crippen LogP contribution in [0.4, 0.5) is 0 Å². The maximum atomic E-state index is 11.8. The van der Waals surface area contributed by atoms with E-state index in [-0.39, 0.29) is 11.4 Å². The molecule has 0 unspecified atom stereocenters. The van der Waals surface area contributed by atoms with Crippen LogP contribution in [0.2, 0.25) is 0 Å². The van der Waals surface area contributed by atoms with Crippen molar-refractivity contribution in [3.05, 3.63) is 23.5 Å². The third-order valence-electron chi connectivity index (χ3n) is 2.49. The van der Waals surface area contributed by atoms with Gasteiger partial charge in [-0.05, 0) is 12.1 Å². The largest absolute Gasteiger partial charge is 0.496 e. The lowest BCUT2D eigenvalue weighted by molar-refractivity contribution is 0.0599. The number of nitrogens with zero attached hydrogens (tertiary/aromatic N) is 1. The van der Waals surface area contributed by atoms with Crippen LogP contribution in [-0.2, 0) is 8.53 Å². The number of methoxy groups -OCH3 is 2. The van der Waals surface area contributed by atoms with Crippen LogP contribution in [0, 0.1) is 0 Å². The van der Waals surface area contributed by atoms with E-state index < -0.39 is 9.76 Å². The topological polar surface area (TPSA) is 64.2 Å². The van der Waals surface area contributed by atoms with Gasteiger partial charge in [-0.25, -0.2) is 9.78 Å². The molecule has 0 saturated carbocycles. The predicted octanol–water partition coefficient (Wildman–Crippen LogP) is 3.18. The van der Waals surface area contributed by atoms with E-state index in [1.807, 2.05) is 0 Å². The first kappa shape index (κ1) is 14.2. The van der Waals surface area contributed by atoms with Crippen LogP contribution in [0.3, 0.4) is 0 Å². The number of carbonyl (C=O) groups is 1. The van der Waals surface area contributed by atoms with Crippen molar-refractivity contribution in [2.45, 2.75) is 3.79 Å². The minimum atomic E-state index is -1.71. The zero-order chi connectivity index (χ0) is 14.2. The lowest BCUT2D eigenvalue weighted by atomic mass is 10.1. The molecule has 0 aliphatic rings. The number of H-pyrrole nitrogens is 1. The summed E-state index contributed by atoms with van der Waals surface area (Å²) < 4.78 is 8.12. The Morgan fingerprint density at radius 3 is 2.53 bits per heavy atom. The van der Waals surface area contributed by atoms with E-state index in [9.17, 15) is 4.79 Å². The smallest absolute Gasteiger partial charge is 0.343 e. The van der Waals surface area contributed by atoms with Gasteiger partial charge in [0.25, 0.3) is 0 Å². The number of ether oxygens (including phenoxy) is 2. The van der Waals surface area contributed by atoms with Gasteiger partial charge in [-0.2, -0.15) is 0 Å². The molecule has 1 aromatic carbocycles. The van der Waals surface area contributed by atoms with Gasteiger partial charge in [-0.3, -0.25) is 0 Å². The lowest BCUT2D eigenvalue weighted by Crippen LogP contribution is -2.05. The monoisotopic (exact) mass is 322 g/mol. The van der Waals surface area contributed by atoms with Crippen LogP contribution in [0.15, 0.2) is 12.1 Å². The molecule has 102 valence electrons. The fourth-order valence-electron chi connectivity index (χ4n) is 1.66. The number of imidazole rings is 1. The summed E-state index contributed by atoms with van der Waals surface area (Å²) in [5, 5.41) is 0. The lowest BCUT2D eigenvalue weighted by Gasteiger charge is -2.06. The summed E-state index contributed by atoms with van der Waals surface area (Å²) in [4.78, 5) is 18.8. The molecule has 2 aromatic rings. The van der Waals surface area contributed by atoms with Gasteiger partial charge in [0.1, 0.15) is 16.8 Å². The molecule has 1 N–H and O–H groups in total.